The first-order valence-corrected chi connectivity index (χ1v) is 17.9. The van der Waals surface area contributed by atoms with Crippen molar-refractivity contribution in [2.24, 2.45) is 16.6 Å². The highest BCUT2D eigenvalue weighted by atomic mass is 16.7. The maximum Gasteiger partial charge on any atom is 0.410 e. The molecule has 2 heterocycles. The van der Waals surface area contributed by atoms with E-state index in [4.69, 9.17) is 24.8 Å². The average Bonchev–Trinajstić information content (AvgIpc) is 3.42. The molecule has 0 spiro atoms. The third-order valence-electron chi connectivity index (χ3n) is 9.02. The van der Waals surface area contributed by atoms with Crippen molar-refractivity contribution in [1.29, 1.82) is 0 Å². The number of aliphatic imine (C=N–C) groups is 1. The van der Waals surface area contributed by atoms with Crippen LogP contribution in [0.25, 0.3) is 0 Å². The molecule has 3 amide bonds. The van der Waals surface area contributed by atoms with Gasteiger partial charge in [0.1, 0.15) is 18.0 Å². The van der Waals surface area contributed by atoms with Crippen LogP contribution in [0.1, 0.15) is 77.1 Å². The minimum absolute atomic E-state index is 0.0634. The molecule has 12 heteroatoms. The largest absolute Gasteiger partial charge is 0.490 e. The number of nitrogens with two attached hydrogens (primary N) is 1. The van der Waals surface area contributed by atoms with Crippen molar-refractivity contribution in [3.63, 3.8) is 0 Å². The molecule has 6 rings (SSSR count). The number of rotatable bonds is 12. The first kappa shape index (κ1) is 37.7. The summed E-state index contributed by atoms with van der Waals surface area (Å²) in [5.74, 6) is -1.19. The van der Waals surface area contributed by atoms with Gasteiger partial charge >= 0.3 is 12.1 Å². The predicted molar refractivity (Wildman–Crippen MR) is 200 cm³/mol. The molecule has 1 atom stereocenters. The van der Waals surface area contributed by atoms with Gasteiger partial charge in [-0.1, -0.05) is 84.9 Å². The second-order valence-electron chi connectivity index (χ2n) is 14.1. The van der Waals surface area contributed by atoms with E-state index in [0.29, 0.717) is 49.1 Å². The Morgan fingerprint density at radius 2 is 1.33 bits per heavy atom. The smallest absolute Gasteiger partial charge is 0.410 e. The van der Waals surface area contributed by atoms with Gasteiger partial charge in [0.2, 0.25) is 6.10 Å². The van der Waals surface area contributed by atoms with Crippen LogP contribution in [0.5, 0.6) is 5.75 Å². The molecule has 2 N–H and O–H groups in total. The lowest BCUT2D eigenvalue weighted by Gasteiger charge is -2.33. The van der Waals surface area contributed by atoms with Gasteiger partial charge in [-0.2, -0.15) is 0 Å². The maximum atomic E-state index is 13.9. The van der Waals surface area contributed by atoms with Gasteiger partial charge in [-0.05, 0) is 74.6 Å². The van der Waals surface area contributed by atoms with E-state index in [1.165, 1.54) is 12.1 Å². The average molecular weight is 733 g/mol. The number of ether oxygens (including phenoxy) is 3. The normalized spacial score (nSPS) is 15.6. The second kappa shape index (κ2) is 16.8. The zero-order chi connectivity index (χ0) is 38.2. The number of nitrogens with zero attached hydrogens (tertiary/aromatic N) is 3. The number of carbonyl (C=O) groups excluding carboxylic acids is 4. The van der Waals surface area contributed by atoms with Crippen LogP contribution in [-0.4, -0.2) is 71.1 Å². The standard InChI is InChI=1S/C42H44N4O8/c1-42(2,3)53-41(50)45-24-22-31(23-25-45)37(43)44-26-28-18-20-32(21-19-28)51-27-35(54-46-38(47)33-16-10-11-17-34(33)39(46)48)40(49)52-36(29-12-6-4-7-13-29)30-14-8-5-9-15-30/h4-21,31,35-36H,22-27H2,1-3H3,(H2,43,44)/t35-/m0/s1. The molecular formula is C42H44N4O8. The number of hydroxylamine groups is 2. The number of hydrogen-bond donors (Lipinski definition) is 1. The molecule has 4 aromatic carbocycles. The van der Waals surface area contributed by atoms with Crippen LogP contribution in [0.4, 0.5) is 4.79 Å². The van der Waals surface area contributed by atoms with Crippen LogP contribution in [0.15, 0.2) is 114 Å². The molecule has 0 bridgehead atoms. The molecule has 0 aliphatic carbocycles. The maximum absolute atomic E-state index is 13.9. The summed E-state index contributed by atoms with van der Waals surface area (Å²) in [6.45, 7) is 6.61. The highest BCUT2D eigenvalue weighted by Gasteiger charge is 2.41. The lowest BCUT2D eigenvalue weighted by atomic mass is 9.96. The summed E-state index contributed by atoms with van der Waals surface area (Å²) in [5.41, 5.74) is 8.49. The number of likely N-dealkylation sites (tertiary alicyclic amines) is 1. The lowest BCUT2D eigenvalue weighted by molar-refractivity contribution is -0.187. The van der Waals surface area contributed by atoms with E-state index < -0.39 is 35.6 Å². The Hall–Kier alpha value is -6.01. The molecular weight excluding hydrogens is 688 g/mol. The molecule has 12 nitrogen and oxygen atoms in total. The molecule has 0 unspecified atom stereocenters. The first-order valence-electron chi connectivity index (χ1n) is 17.9. The summed E-state index contributed by atoms with van der Waals surface area (Å²) in [6, 6.07) is 31.9. The fourth-order valence-electron chi connectivity index (χ4n) is 6.17. The highest BCUT2D eigenvalue weighted by molar-refractivity contribution is 6.20. The van der Waals surface area contributed by atoms with Gasteiger partial charge in [0, 0.05) is 19.0 Å². The van der Waals surface area contributed by atoms with Crippen molar-refractivity contribution in [3.8, 4) is 5.75 Å². The Kier molecular flexibility index (Phi) is 11.7. The summed E-state index contributed by atoms with van der Waals surface area (Å²) < 4.78 is 17.5. The van der Waals surface area contributed by atoms with Gasteiger partial charge in [0.15, 0.2) is 6.10 Å². The van der Waals surface area contributed by atoms with E-state index in [2.05, 4.69) is 4.99 Å². The summed E-state index contributed by atoms with van der Waals surface area (Å²) in [5, 5.41) is 0.590. The number of amidine groups is 1. The van der Waals surface area contributed by atoms with Gasteiger partial charge in [0.25, 0.3) is 11.8 Å². The van der Waals surface area contributed by atoms with Crippen LogP contribution in [0, 0.1) is 5.92 Å². The van der Waals surface area contributed by atoms with E-state index in [9.17, 15) is 19.2 Å². The fourth-order valence-corrected chi connectivity index (χ4v) is 6.17. The number of hydrogen-bond acceptors (Lipinski definition) is 9. The minimum atomic E-state index is -1.49. The summed E-state index contributed by atoms with van der Waals surface area (Å²) in [4.78, 5) is 64.8. The van der Waals surface area contributed by atoms with E-state index in [0.717, 1.165) is 16.7 Å². The molecule has 4 aromatic rings. The summed E-state index contributed by atoms with van der Waals surface area (Å²) in [7, 11) is 0. The van der Waals surface area contributed by atoms with E-state index in [-0.39, 0.29) is 29.7 Å². The predicted octanol–water partition coefficient (Wildman–Crippen LogP) is 6.50. The number of carbonyl (C=O) groups is 4. The highest BCUT2D eigenvalue weighted by Crippen LogP contribution is 2.29. The lowest BCUT2D eigenvalue weighted by Crippen LogP contribution is -2.44. The van der Waals surface area contributed by atoms with Gasteiger partial charge < -0.3 is 24.8 Å². The van der Waals surface area contributed by atoms with Gasteiger partial charge in [-0.15, -0.1) is 5.06 Å². The number of benzene rings is 4. The van der Waals surface area contributed by atoms with E-state index in [1.807, 2.05) is 93.6 Å². The van der Waals surface area contributed by atoms with Gasteiger partial charge in [-0.25, -0.2) is 14.4 Å². The number of piperidine rings is 1. The number of esters is 1. The zero-order valence-corrected chi connectivity index (χ0v) is 30.6. The van der Waals surface area contributed by atoms with Crippen molar-refractivity contribution < 1.29 is 38.2 Å². The van der Waals surface area contributed by atoms with Crippen LogP contribution in [0.2, 0.25) is 0 Å². The third kappa shape index (κ3) is 9.31. The Labute approximate surface area is 314 Å². The number of amides is 3. The molecule has 0 radical (unpaired) electrons. The quantitative estimate of drug-likeness (QED) is 0.0746. The second-order valence-corrected chi connectivity index (χ2v) is 14.1. The third-order valence-corrected chi connectivity index (χ3v) is 9.02. The number of imide groups is 1. The molecule has 1 fully saturated rings. The summed E-state index contributed by atoms with van der Waals surface area (Å²) >= 11 is 0. The molecule has 54 heavy (non-hydrogen) atoms. The Bertz CT molecular complexity index is 1900. The Morgan fingerprint density at radius 3 is 1.87 bits per heavy atom. The fraction of sp³-hybridized carbons (Fsp3) is 0.310. The van der Waals surface area contributed by atoms with Crippen LogP contribution < -0.4 is 10.5 Å². The molecule has 1 saturated heterocycles. The topological polar surface area (TPSA) is 150 Å². The van der Waals surface area contributed by atoms with Gasteiger partial charge in [0.05, 0.1) is 23.5 Å². The SMILES string of the molecule is CC(C)(C)OC(=O)N1CCC(C(N)=NCc2ccc(OC[C@H](ON3C(=O)c4ccccc4C3=O)C(=O)OC(c3ccccc3)c3ccccc3)cc2)CC1. The molecule has 0 saturated carbocycles. The van der Waals surface area contributed by atoms with E-state index in [1.54, 1.807) is 29.2 Å². The van der Waals surface area contributed by atoms with Crippen LogP contribution >= 0.6 is 0 Å². The first-order chi connectivity index (χ1) is 26.0. The van der Waals surface area contributed by atoms with Crippen LogP contribution in [-0.2, 0) is 25.7 Å². The van der Waals surface area contributed by atoms with E-state index >= 15 is 0 Å². The molecule has 0 aromatic heterocycles. The summed E-state index contributed by atoms with van der Waals surface area (Å²) in [6.07, 6.45) is -1.21. The molecule has 280 valence electrons. The molecule has 2 aliphatic heterocycles. The Balaban J connectivity index is 1.11. The van der Waals surface area contributed by atoms with Crippen molar-refractivity contribution in [3.05, 3.63) is 137 Å². The minimum Gasteiger partial charge on any atom is -0.490 e. The monoisotopic (exact) mass is 732 g/mol. The molecule has 2 aliphatic rings. The van der Waals surface area contributed by atoms with Gasteiger partial charge in [-0.3, -0.25) is 14.6 Å². The van der Waals surface area contributed by atoms with Crippen molar-refractivity contribution in [2.75, 3.05) is 19.7 Å². The zero-order valence-electron chi connectivity index (χ0n) is 30.6. The Morgan fingerprint density at radius 1 is 0.796 bits per heavy atom. The number of fused-ring (bicyclic) bond motifs is 1. The van der Waals surface area contributed by atoms with Crippen LogP contribution in [0.3, 0.4) is 0 Å². The van der Waals surface area contributed by atoms with Crippen molar-refractivity contribution >= 4 is 29.7 Å². The van der Waals surface area contributed by atoms with Crippen molar-refractivity contribution in [2.45, 2.75) is 58.0 Å². The van der Waals surface area contributed by atoms with Crippen molar-refractivity contribution in [1.82, 2.24) is 9.96 Å².